The van der Waals surface area contributed by atoms with Gasteiger partial charge in [0.25, 0.3) is 0 Å². The number of hydrogen-bond acceptors (Lipinski definition) is 7. The Bertz CT molecular complexity index is 835. The standard InChI is InChI=1S/C17H19N3O3S/c1-22-13-5-4-11(8-14(13)23-2)12-9-24-17-15(12)16(19-10-20-17)18-6-3-7-21/h4-5,8-10,21H,3,6-7H2,1-2H3,(H,18,19,20). The van der Waals surface area contributed by atoms with Crippen LogP contribution in [0, 0.1) is 0 Å². The van der Waals surface area contributed by atoms with E-state index in [2.05, 4.69) is 20.7 Å². The molecule has 0 saturated carbocycles. The molecule has 0 unspecified atom stereocenters. The van der Waals surface area contributed by atoms with Crippen molar-refractivity contribution in [1.29, 1.82) is 0 Å². The molecule has 6 nitrogen and oxygen atoms in total. The fourth-order valence-electron chi connectivity index (χ4n) is 2.51. The van der Waals surface area contributed by atoms with Crippen molar-refractivity contribution in [3.63, 3.8) is 0 Å². The number of ether oxygens (including phenoxy) is 2. The predicted molar refractivity (Wildman–Crippen MR) is 96.1 cm³/mol. The first-order valence-corrected chi connectivity index (χ1v) is 8.45. The Hall–Kier alpha value is -2.38. The third kappa shape index (κ3) is 3.13. The van der Waals surface area contributed by atoms with Crippen LogP contribution in [0.4, 0.5) is 5.82 Å². The smallest absolute Gasteiger partial charge is 0.161 e. The van der Waals surface area contributed by atoms with Gasteiger partial charge in [0.1, 0.15) is 17.0 Å². The van der Waals surface area contributed by atoms with Crippen LogP contribution in [0.2, 0.25) is 0 Å². The summed E-state index contributed by atoms with van der Waals surface area (Å²) in [6.07, 6.45) is 2.22. The largest absolute Gasteiger partial charge is 0.493 e. The van der Waals surface area contributed by atoms with Crippen LogP contribution in [0.1, 0.15) is 6.42 Å². The molecular weight excluding hydrogens is 326 g/mol. The normalized spacial score (nSPS) is 10.8. The number of anilines is 1. The van der Waals surface area contributed by atoms with Crippen molar-refractivity contribution in [3.8, 4) is 22.6 Å². The molecule has 126 valence electrons. The molecule has 0 aliphatic carbocycles. The van der Waals surface area contributed by atoms with E-state index in [1.807, 2.05) is 18.2 Å². The lowest BCUT2D eigenvalue weighted by Crippen LogP contribution is -2.05. The van der Waals surface area contributed by atoms with E-state index in [0.29, 0.717) is 24.5 Å². The number of thiophene rings is 1. The Kier molecular flexibility index (Phi) is 5.12. The first kappa shape index (κ1) is 16.5. The van der Waals surface area contributed by atoms with E-state index >= 15 is 0 Å². The van der Waals surface area contributed by atoms with E-state index in [-0.39, 0.29) is 6.61 Å². The highest BCUT2D eigenvalue weighted by atomic mass is 32.1. The van der Waals surface area contributed by atoms with Crippen molar-refractivity contribution in [1.82, 2.24) is 9.97 Å². The Labute approximate surface area is 144 Å². The maximum Gasteiger partial charge on any atom is 0.161 e. The van der Waals surface area contributed by atoms with Gasteiger partial charge in [-0.3, -0.25) is 0 Å². The number of aliphatic hydroxyl groups excluding tert-OH is 1. The van der Waals surface area contributed by atoms with Crippen LogP contribution in [-0.2, 0) is 0 Å². The summed E-state index contributed by atoms with van der Waals surface area (Å²) >= 11 is 1.57. The van der Waals surface area contributed by atoms with Crippen LogP contribution in [0.3, 0.4) is 0 Å². The Morgan fingerprint density at radius 1 is 1.17 bits per heavy atom. The van der Waals surface area contributed by atoms with Crippen LogP contribution in [0.25, 0.3) is 21.3 Å². The molecule has 0 radical (unpaired) electrons. The highest BCUT2D eigenvalue weighted by Crippen LogP contribution is 2.39. The monoisotopic (exact) mass is 345 g/mol. The van der Waals surface area contributed by atoms with Gasteiger partial charge in [-0.1, -0.05) is 6.07 Å². The van der Waals surface area contributed by atoms with Crippen molar-refractivity contribution in [2.75, 3.05) is 32.7 Å². The molecule has 0 fully saturated rings. The van der Waals surface area contributed by atoms with Crippen LogP contribution < -0.4 is 14.8 Å². The third-order valence-electron chi connectivity index (χ3n) is 3.69. The second-order valence-corrected chi connectivity index (χ2v) is 5.98. The van der Waals surface area contributed by atoms with Crippen molar-refractivity contribution in [3.05, 3.63) is 29.9 Å². The van der Waals surface area contributed by atoms with Gasteiger partial charge < -0.3 is 19.9 Å². The molecule has 3 aromatic rings. The van der Waals surface area contributed by atoms with Gasteiger partial charge in [0.2, 0.25) is 0 Å². The number of fused-ring (bicyclic) bond motifs is 1. The number of methoxy groups -OCH3 is 2. The van der Waals surface area contributed by atoms with E-state index in [1.165, 1.54) is 0 Å². The van der Waals surface area contributed by atoms with Crippen LogP contribution >= 0.6 is 11.3 Å². The molecule has 1 aromatic carbocycles. The lowest BCUT2D eigenvalue weighted by molar-refractivity contribution is 0.292. The van der Waals surface area contributed by atoms with Gasteiger partial charge >= 0.3 is 0 Å². The summed E-state index contributed by atoms with van der Waals surface area (Å²) in [5.74, 6) is 2.15. The summed E-state index contributed by atoms with van der Waals surface area (Å²) in [5.41, 5.74) is 2.06. The van der Waals surface area contributed by atoms with E-state index in [1.54, 1.807) is 31.9 Å². The maximum atomic E-state index is 8.96. The first-order valence-electron chi connectivity index (χ1n) is 7.57. The van der Waals surface area contributed by atoms with Crippen LogP contribution in [0.5, 0.6) is 11.5 Å². The van der Waals surface area contributed by atoms with E-state index in [4.69, 9.17) is 14.6 Å². The third-order valence-corrected chi connectivity index (χ3v) is 4.58. The molecule has 0 atom stereocenters. The van der Waals surface area contributed by atoms with Gasteiger partial charge in [0, 0.05) is 24.1 Å². The number of aromatic nitrogens is 2. The molecule has 2 aromatic heterocycles. The van der Waals surface area contributed by atoms with Gasteiger partial charge in [0.05, 0.1) is 19.6 Å². The van der Waals surface area contributed by atoms with E-state index in [0.717, 1.165) is 27.2 Å². The number of hydrogen-bond donors (Lipinski definition) is 2. The SMILES string of the molecule is COc1ccc(-c2csc3ncnc(NCCCO)c23)cc1OC. The summed E-state index contributed by atoms with van der Waals surface area (Å²) in [6.45, 7) is 0.803. The molecule has 0 saturated heterocycles. The zero-order valence-electron chi connectivity index (χ0n) is 13.6. The molecule has 2 heterocycles. The molecule has 0 aliphatic heterocycles. The molecule has 0 aliphatic rings. The van der Waals surface area contributed by atoms with Crippen molar-refractivity contribution in [2.45, 2.75) is 6.42 Å². The van der Waals surface area contributed by atoms with Crippen molar-refractivity contribution < 1.29 is 14.6 Å². The summed E-state index contributed by atoms with van der Waals surface area (Å²) in [6, 6.07) is 5.83. The summed E-state index contributed by atoms with van der Waals surface area (Å²) in [7, 11) is 3.24. The minimum Gasteiger partial charge on any atom is -0.493 e. The van der Waals surface area contributed by atoms with Crippen LogP contribution in [0.15, 0.2) is 29.9 Å². The summed E-state index contributed by atoms with van der Waals surface area (Å²) in [4.78, 5) is 9.63. The molecule has 2 N–H and O–H groups in total. The topological polar surface area (TPSA) is 76.5 Å². The van der Waals surface area contributed by atoms with E-state index in [9.17, 15) is 0 Å². The highest BCUT2D eigenvalue weighted by Gasteiger charge is 2.14. The molecule has 24 heavy (non-hydrogen) atoms. The lowest BCUT2D eigenvalue weighted by Gasteiger charge is -2.10. The average molecular weight is 345 g/mol. The van der Waals surface area contributed by atoms with E-state index < -0.39 is 0 Å². The summed E-state index contributed by atoms with van der Waals surface area (Å²) < 4.78 is 10.7. The Morgan fingerprint density at radius 3 is 2.75 bits per heavy atom. The summed E-state index contributed by atoms with van der Waals surface area (Å²) in [5, 5.41) is 15.3. The van der Waals surface area contributed by atoms with Crippen molar-refractivity contribution >= 4 is 27.4 Å². The number of nitrogens with zero attached hydrogens (tertiary/aromatic N) is 2. The van der Waals surface area contributed by atoms with Gasteiger partial charge in [-0.05, 0) is 24.1 Å². The van der Waals surface area contributed by atoms with Gasteiger partial charge in [-0.15, -0.1) is 11.3 Å². The fraction of sp³-hybridized carbons (Fsp3) is 0.294. The maximum absolute atomic E-state index is 8.96. The molecule has 0 amide bonds. The fourth-order valence-corrected chi connectivity index (χ4v) is 3.43. The second kappa shape index (κ2) is 7.46. The minimum atomic E-state index is 0.146. The number of aliphatic hydroxyl groups is 1. The molecular formula is C17H19N3O3S. The lowest BCUT2D eigenvalue weighted by atomic mass is 10.1. The Balaban J connectivity index is 2.06. The minimum absolute atomic E-state index is 0.146. The van der Waals surface area contributed by atoms with Gasteiger partial charge in [-0.2, -0.15) is 0 Å². The molecule has 7 heteroatoms. The highest BCUT2D eigenvalue weighted by molar-refractivity contribution is 7.17. The number of rotatable bonds is 7. The number of benzene rings is 1. The first-order chi connectivity index (χ1) is 11.8. The Morgan fingerprint density at radius 2 is 2.00 bits per heavy atom. The van der Waals surface area contributed by atoms with Crippen LogP contribution in [-0.4, -0.2) is 42.4 Å². The average Bonchev–Trinajstić information content (AvgIpc) is 3.06. The van der Waals surface area contributed by atoms with Crippen molar-refractivity contribution in [2.24, 2.45) is 0 Å². The van der Waals surface area contributed by atoms with Gasteiger partial charge in [-0.25, -0.2) is 9.97 Å². The zero-order chi connectivity index (χ0) is 16.9. The molecule has 0 bridgehead atoms. The zero-order valence-corrected chi connectivity index (χ0v) is 14.4. The number of nitrogens with one attached hydrogen (secondary N) is 1. The molecule has 3 rings (SSSR count). The molecule has 0 spiro atoms. The quantitative estimate of drug-likeness (QED) is 0.641. The predicted octanol–water partition coefficient (Wildman–Crippen LogP) is 3.17. The second-order valence-electron chi connectivity index (χ2n) is 5.13. The van der Waals surface area contributed by atoms with Gasteiger partial charge in [0.15, 0.2) is 11.5 Å².